The Balaban J connectivity index is 0.000000650. The number of nitrogens with zero attached hydrogens (tertiary/aromatic N) is 2. The van der Waals surface area contributed by atoms with E-state index in [2.05, 4.69) is 90.1 Å². The fourth-order valence-electron chi connectivity index (χ4n) is 6.63. The van der Waals surface area contributed by atoms with E-state index in [0.717, 1.165) is 73.9 Å². The second-order valence-corrected chi connectivity index (χ2v) is 15.6. The van der Waals surface area contributed by atoms with Gasteiger partial charge in [-0.15, -0.1) is 0 Å². The quantitative estimate of drug-likeness (QED) is 0.0527. The third-order valence-electron chi connectivity index (χ3n) is 9.61. The molecule has 0 unspecified atom stereocenters. The first-order valence-corrected chi connectivity index (χ1v) is 22.0. The van der Waals surface area contributed by atoms with Gasteiger partial charge in [-0.3, -0.25) is 0 Å². The predicted octanol–water partition coefficient (Wildman–Crippen LogP) is 15.8. The van der Waals surface area contributed by atoms with Crippen LogP contribution in [0.1, 0.15) is 192 Å². The molecule has 49 heavy (non-hydrogen) atoms. The van der Waals surface area contributed by atoms with Gasteiger partial charge in [0.15, 0.2) is 0 Å². The Morgan fingerprint density at radius 3 is 1.31 bits per heavy atom. The summed E-state index contributed by atoms with van der Waals surface area (Å²) in [5, 5.41) is 2.81. The SMILES string of the molecule is CCCCCCCCc1cccc(C2=C(CCCC)C(CCCC)=C(c3cccc(CCCC)c3)[N+]2=[N-])c1.CCCC[CH2][Ni][CH2]CCCC. The number of allylic oxidation sites excluding steroid dienone is 2. The second-order valence-electron chi connectivity index (χ2n) is 14.1. The Morgan fingerprint density at radius 2 is 0.837 bits per heavy atom. The van der Waals surface area contributed by atoms with Crippen molar-refractivity contribution in [2.75, 3.05) is 0 Å². The third-order valence-corrected chi connectivity index (χ3v) is 11.0. The summed E-state index contributed by atoms with van der Waals surface area (Å²) >= 11 is 1.97. The molecular formula is C46H74N2Ni. The molecule has 0 saturated carbocycles. The van der Waals surface area contributed by atoms with Crippen LogP contribution in [0.5, 0.6) is 0 Å². The van der Waals surface area contributed by atoms with E-state index in [9.17, 15) is 5.53 Å². The number of hydrogen-bond acceptors (Lipinski definition) is 0. The zero-order chi connectivity index (χ0) is 35.5. The van der Waals surface area contributed by atoms with Gasteiger partial charge in [-0.25, -0.2) is 4.70 Å². The van der Waals surface area contributed by atoms with Crippen LogP contribution in [0.3, 0.4) is 0 Å². The van der Waals surface area contributed by atoms with Crippen molar-refractivity contribution in [3.63, 3.8) is 0 Å². The standard InChI is InChI=1S/C36H52N2.2C5H11.Ni/c1-5-9-13-14-15-16-20-30-22-18-24-32(28-30)36-34(26-12-8-4)33(25-11-7-3)35(38(36)37)31-23-17-21-29(27-31)19-10-6-2;2*1-3-5-4-2;/h17-18,21-24,27-28H,5-16,19-20,25-26H2,1-4H3;2*1,3-5H2,2H3;. The van der Waals surface area contributed by atoms with E-state index >= 15 is 0 Å². The van der Waals surface area contributed by atoms with Crippen molar-refractivity contribution in [3.8, 4) is 0 Å². The molecule has 2 nitrogen and oxygen atoms in total. The van der Waals surface area contributed by atoms with E-state index in [4.69, 9.17) is 0 Å². The second kappa shape index (κ2) is 27.7. The van der Waals surface area contributed by atoms with Gasteiger partial charge >= 0.3 is 77.6 Å². The van der Waals surface area contributed by atoms with Crippen LogP contribution in [-0.4, -0.2) is 4.70 Å². The average molecular weight is 714 g/mol. The van der Waals surface area contributed by atoms with Crippen molar-refractivity contribution >= 4 is 11.4 Å². The van der Waals surface area contributed by atoms with E-state index in [1.807, 2.05) is 14.4 Å². The number of hydrogen-bond donors (Lipinski definition) is 0. The zero-order valence-electron chi connectivity index (χ0n) is 32.8. The van der Waals surface area contributed by atoms with Gasteiger partial charge in [0, 0.05) is 22.3 Å². The van der Waals surface area contributed by atoms with Gasteiger partial charge in [-0.2, -0.15) is 0 Å². The Hall–Kier alpha value is -1.99. The molecule has 0 aromatic heterocycles. The van der Waals surface area contributed by atoms with Gasteiger partial charge in [0.2, 0.25) is 11.4 Å². The molecular weight excluding hydrogens is 639 g/mol. The molecule has 2 aromatic rings. The minimum atomic E-state index is 1.01. The van der Waals surface area contributed by atoms with Crippen molar-refractivity contribution in [3.05, 3.63) is 87.5 Å². The molecule has 2 aromatic carbocycles. The third kappa shape index (κ3) is 16.3. The monoisotopic (exact) mass is 713 g/mol. The zero-order valence-corrected chi connectivity index (χ0v) is 33.8. The molecule has 3 heteroatoms. The van der Waals surface area contributed by atoms with Gasteiger partial charge in [-0.1, -0.05) is 103 Å². The molecule has 0 bridgehead atoms. The van der Waals surface area contributed by atoms with E-state index in [-0.39, 0.29) is 0 Å². The van der Waals surface area contributed by atoms with Crippen LogP contribution in [-0.2, 0) is 27.3 Å². The van der Waals surface area contributed by atoms with Crippen molar-refractivity contribution in [1.29, 1.82) is 0 Å². The van der Waals surface area contributed by atoms with Crippen LogP contribution in [0.15, 0.2) is 59.7 Å². The molecule has 0 atom stereocenters. The summed E-state index contributed by atoms with van der Waals surface area (Å²) in [5.74, 6) is 0. The topological polar surface area (TPSA) is 25.3 Å². The van der Waals surface area contributed by atoms with E-state index in [0.29, 0.717) is 0 Å². The molecule has 0 amide bonds. The molecule has 0 N–H and O–H groups in total. The Bertz CT molecular complexity index is 1230. The minimum absolute atomic E-state index is 1.01. The number of aryl methyl sites for hydroxylation is 2. The molecule has 0 saturated heterocycles. The Labute approximate surface area is 310 Å². The molecule has 3 rings (SSSR count). The summed E-state index contributed by atoms with van der Waals surface area (Å²) in [6, 6.07) is 17.9. The average Bonchev–Trinajstić information content (AvgIpc) is 3.40. The fourth-order valence-corrected chi connectivity index (χ4v) is 7.86. The molecule has 1 aliphatic heterocycles. The molecule has 0 radical (unpaired) electrons. The summed E-state index contributed by atoms with van der Waals surface area (Å²) in [6.45, 7) is 13.6. The van der Waals surface area contributed by atoms with Gasteiger partial charge in [0.1, 0.15) is 0 Å². The van der Waals surface area contributed by atoms with Crippen LogP contribution in [0, 0.1) is 0 Å². The van der Waals surface area contributed by atoms with Crippen molar-refractivity contribution in [2.45, 2.75) is 194 Å². The number of benzene rings is 2. The summed E-state index contributed by atoms with van der Waals surface area (Å²) in [4.78, 5) is 0. The van der Waals surface area contributed by atoms with Crippen molar-refractivity contribution < 1.29 is 19.1 Å². The summed E-state index contributed by atoms with van der Waals surface area (Å²) in [7, 11) is 0. The van der Waals surface area contributed by atoms with Crippen molar-refractivity contribution in [2.24, 2.45) is 0 Å². The first-order chi connectivity index (χ1) is 24.1. The molecule has 1 aliphatic rings. The van der Waals surface area contributed by atoms with Gasteiger partial charge < -0.3 is 5.53 Å². The van der Waals surface area contributed by atoms with Crippen LogP contribution in [0.4, 0.5) is 0 Å². The summed E-state index contributed by atoms with van der Waals surface area (Å²) < 4.78 is 1.55. The van der Waals surface area contributed by atoms with Gasteiger partial charge in [-0.05, 0) is 86.8 Å². The predicted molar refractivity (Wildman–Crippen MR) is 214 cm³/mol. The number of rotatable bonds is 26. The maximum absolute atomic E-state index is 11.9. The van der Waals surface area contributed by atoms with Crippen LogP contribution < -0.4 is 0 Å². The normalized spacial score (nSPS) is 13.1. The molecule has 0 aliphatic carbocycles. The van der Waals surface area contributed by atoms with Crippen LogP contribution in [0.25, 0.3) is 16.9 Å². The Kier molecular flexibility index (Phi) is 24.4. The van der Waals surface area contributed by atoms with Gasteiger partial charge in [0.25, 0.3) is 0 Å². The van der Waals surface area contributed by atoms with Crippen molar-refractivity contribution in [1.82, 2.24) is 0 Å². The van der Waals surface area contributed by atoms with E-state index in [1.54, 1.807) is 4.70 Å². The van der Waals surface area contributed by atoms with Crippen LogP contribution in [0.2, 0.25) is 10.8 Å². The first-order valence-electron chi connectivity index (χ1n) is 20.6. The van der Waals surface area contributed by atoms with E-state index in [1.165, 1.54) is 123 Å². The number of unbranched alkanes of at least 4 members (excludes halogenated alkanes) is 12. The summed E-state index contributed by atoms with van der Waals surface area (Å²) in [5.41, 5.74) is 21.7. The Morgan fingerprint density at radius 1 is 0.449 bits per heavy atom. The molecule has 0 fully saturated rings. The van der Waals surface area contributed by atoms with Crippen LogP contribution >= 0.6 is 0 Å². The molecule has 1 heterocycles. The fraction of sp³-hybridized carbons (Fsp3) is 0.652. The van der Waals surface area contributed by atoms with E-state index < -0.39 is 0 Å². The summed E-state index contributed by atoms with van der Waals surface area (Å²) in [6.07, 6.45) is 27.6. The maximum atomic E-state index is 11.9. The molecule has 278 valence electrons. The molecule has 0 spiro atoms. The van der Waals surface area contributed by atoms with Gasteiger partial charge in [0.05, 0.1) is 0 Å². The first kappa shape index (κ1) is 43.2.